The second-order valence-corrected chi connectivity index (χ2v) is 11.5. The summed E-state index contributed by atoms with van der Waals surface area (Å²) < 4.78 is 0. The van der Waals surface area contributed by atoms with Gasteiger partial charge in [0.05, 0.1) is 18.2 Å². The summed E-state index contributed by atoms with van der Waals surface area (Å²) in [6.45, 7) is 2.26. The monoisotopic (exact) mass is 365 g/mol. The Bertz CT molecular complexity index is 386. The Morgan fingerprint density at radius 3 is 1.21 bits per heavy atom. The first kappa shape index (κ1) is 23.3. The molecule has 24 heavy (non-hydrogen) atoms. The van der Waals surface area contributed by atoms with Crippen LogP contribution in [0.5, 0.6) is 0 Å². The van der Waals surface area contributed by atoms with Crippen LogP contribution in [0.3, 0.4) is 0 Å². The summed E-state index contributed by atoms with van der Waals surface area (Å²) in [5, 5.41) is 26.2. The highest BCUT2D eigenvalue weighted by Crippen LogP contribution is 2.43. The van der Waals surface area contributed by atoms with E-state index in [0.29, 0.717) is 19.3 Å². The maximum absolute atomic E-state index is 8.72. The fraction of sp³-hybridized carbons (Fsp3) is 0.842. The maximum Gasteiger partial charge on any atom is 0.0621 e. The van der Waals surface area contributed by atoms with Crippen molar-refractivity contribution in [3.05, 3.63) is 0 Å². The summed E-state index contributed by atoms with van der Waals surface area (Å²) in [5.74, 6) is 0. The quantitative estimate of drug-likeness (QED) is 0.247. The van der Waals surface area contributed by atoms with Crippen LogP contribution in [0.2, 0.25) is 0 Å². The highest BCUT2D eigenvalue weighted by molar-refractivity contribution is 7.58. The predicted octanol–water partition coefficient (Wildman–Crippen LogP) is 6.05. The van der Waals surface area contributed by atoms with Gasteiger partial charge in [-0.25, -0.2) is 0 Å². The number of nitriles is 3. The fourth-order valence-electron chi connectivity index (χ4n) is 2.72. The zero-order chi connectivity index (χ0) is 17.9. The molecule has 1 atom stereocenters. The number of nitrogens with zero attached hydrogens (tertiary/aromatic N) is 3. The first-order chi connectivity index (χ1) is 11.8. The lowest BCUT2D eigenvalue weighted by Gasteiger charge is -2.20. The van der Waals surface area contributed by atoms with Crippen molar-refractivity contribution in [3.8, 4) is 18.2 Å². The van der Waals surface area contributed by atoms with Crippen LogP contribution >= 0.6 is 15.8 Å². The smallest absolute Gasteiger partial charge is 0.0621 e. The lowest BCUT2D eigenvalue weighted by molar-refractivity contribution is 0.879. The molecule has 134 valence electrons. The van der Waals surface area contributed by atoms with Crippen molar-refractivity contribution in [3.63, 3.8) is 0 Å². The third-order valence-corrected chi connectivity index (χ3v) is 9.76. The van der Waals surface area contributed by atoms with E-state index in [4.69, 9.17) is 15.8 Å². The van der Waals surface area contributed by atoms with E-state index in [-0.39, 0.29) is 15.8 Å². The second-order valence-electron chi connectivity index (χ2n) is 6.18. The van der Waals surface area contributed by atoms with Crippen LogP contribution < -0.4 is 0 Å². The molecule has 0 saturated carbocycles. The fourth-order valence-corrected chi connectivity index (χ4v) is 8.10. The average Bonchev–Trinajstić information content (AvgIpc) is 2.59. The number of rotatable bonds is 16. The molecule has 0 saturated heterocycles. The van der Waals surface area contributed by atoms with E-state index in [1.807, 2.05) is 0 Å². The number of unbranched alkanes of at least 4 members (excludes halogenated alkanes) is 4. The van der Waals surface area contributed by atoms with Crippen LogP contribution in [0, 0.1) is 34.0 Å². The largest absolute Gasteiger partial charge is 0.198 e. The third-order valence-electron chi connectivity index (χ3n) is 4.07. The molecule has 0 fully saturated rings. The van der Waals surface area contributed by atoms with Gasteiger partial charge in [-0.15, -0.1) is 15.8 Å². The van der Waals surface area contributed by atoms with Gasteiger partial charge in [0.15, 0.2) is 0 Å². The Kier molecular flexibility index (Phi) is 18.1. The van der Waals surface area contributed by atoms with E-state index >= 15 is 0 Å². The van der Waals surface area contributed by atoms with Crippen LogP contribution in [-0.2, 0) is 0 Å². The first-order valence-corrected chi connectivity index (χ1v) is 13.1. The molecule has 0 heterocycles. The summed E-state index contributed by atoms with van der Waals surface area (Å²) in [5.41, 5.74) is 0. The first-order valence-electron chi connectivity index (χ1n) is 9.34. The van der Waals surface area contributed by atoms with Gasteiger partial charge in [-0.2, -0.15) is 15.8 Å². The van der Waals surface area contributed by atoms with Gasteiger partial charge in [-0.3, -0.25) is 0 Å². The van der Waals surface area contributed by atoms with Crippen LogP contribution in [0.1, 0.15) is 64.7 Å². The molecular weight excluding hydrogens is 332 g/mol. The van der Waals surface area contributed by atoms with Gasteiger partial charge < -0.3 is 0 Å². The molecule has 0 aromatic carbocycles. The highest BCUT2D eigenvalue weighted by Gasteiger charge is 2.11. The zero-order valence-electron chi connectivity index (χ0n) is 15.3. The minimum atomic E-state index is 0.0124. The maximum atomic E-state index is 8.72. The topological polar surface area (TPSA) is 71.4 Å². The second kappa shape index (κ2) is 18.7. The molecule has 0 rings (SSSR count). The van der Waals surface area contributed by atoms with Crippen molar-refractivity contribution in [2.75, 3.05) is 37.0 Å². The molecule has 3 nitrogen and oxygen atoms in total. The Labute approximate surface area is 151 Å². The third kappa shape index (κ3) is 14.9. The van der Waals surface area contributed by atoms with Crippen molar-refractivity contribution >= 4 is 15.8 Å². The number of hydrogen-bond acceptors (Lipinski definition) is 3. The molecule has 0 aliphatic heterocycles. The molecule has 0 aromatic rings. The van der Waals surface area contributed by atoms with Gasteiger partial charge >= 0.3 is 0 Å². The molecule has 0 aliphatic rings. The molecule has 0 N–H and O–H groups in total. The minimum absolute atomic E-state index is 0.0124. The van der Waals surface area contributed by atoms with E-state index in [1.54, 1.807) is 0 Å². The van der Waals surface area contributed by atoms with Gasteiger partial charge in [0.25, 0.3) is 0 Å². The molecule has 0 spiro atoms. The van der Waals surface area contributed by atoms with Crippen molar-refractivity contribution in [2.24, 2.45) is 0 Å². The predicted molar refractivity (Wildman–Crippen MR) is 107 cm³/mol. The molecular formula is C19H33N3P2. The highest BCUT2D eigenvalue weighted by atomic mass is 31.1. The molecule has 5 heteroatoms. The summed E-state index contributed by atoms with van der Waals surface area (Å²) in [4.78, 5) is 0. The SMILES string of the molecule is CCCCP(CCCC#N)CCCP(CCCC#N)CCCC#N. The van der Waals surface area contributed by atoms with Crippen molar-refractivity contribution in [1.29, 1.82) is 15.8 Å². The van der Waals surface area contributed by atoms with Crippen molar-refractivity contribution in [2.45, 2.75) is 64.7 Å². The van der Waals surface area contributed by atoms with Crippen LogP contribution in [0.15, 0.2) is 0 Å². The van der Waals surface area contributed by atoms with Gasteiger partial charge in [-0.05, 0) is 69.1 Å². The standard InChI is InChI=1S/C19H33N3P2/c1-2-3-14-23(15-7-4-11-20)18-10-19-24(16-8-5-12-21)17-9-6-13-22/h2-10,14-19H2,1H3. The van der Waals surface area contributed by atoms with Crippen LogP contribution in [0.4, 0.5) is 0 Å². The molecule has 0 radical (unpaired) electrons. The Morgan fingerprint density at radius 1 is 0.542 bits per heavy atom. The van der Waals surface area contributed by atoms with E-state index in [1.165, 1.54) is 56.2 Å². The minimum Gasteiger partial charge on any atom is -0.198 e. The lowest BCUT2D eigenvalue weighted by Crippen LogP contribution is -2.01. The van der Waals surface area contributed by atoms with E-state index < -0.39 is 0 Å². The summed E-state index contributed by atoms with van der Waals surface area (Å²) >= 11 is 0. The van der Waals surface area contributed by atoms with Crippen molar-refractivity contribution in [1.82, 2.24) is 0 Å². The summed E-state index contributed by atoms with van der Waals surface area (Å²) in [6.07, 6.45) is 16.8. The Balaban J connectivity index is 4.16. The summed E-state index contributed by atoms with van der Waals surface area (Å²) in [6, 6.07) is 6.77. The van der Waals surface area contributed by atoms with E-state index in [0.717, 1.165) is 19.3 Å². The van der Waals surface area contributed by atoms with Gasteiger partial charge in [0, 0.05) is 19.3 Å². The lowest BCUT2D eigenvalue weighted by atomic mass is 10.4. The molecule has 1 unspecified atom stereocenters. The zero-order valence-corrected chi connectivity index (χ0v) is 17.1. The molecule has 0 bridgehead atoms. The normalized spacial score (nSPS) is 11.6. The molecule has 0 aliphatic carbocycles. The van der Waals surface area contributed by atoms with Gasteiger partial charge in [0.1, 0.15) is 0 Å². The van der Waals surface area contributed by atoms with Crippen LogP contribution in [0.25, 0.3) is 0 Å². The van der Waals surface area contributed by atoms with Gasteiger partial charge in [0.2, 0.25) is 0 Å². The van der Waals surface area contributed by atoms with E-state index in [2.05, 4.69) is 25.1 Å². The van der Waals surface area contributed by atoms with E-state index in [9.17, 15) is 0 Å². The van der Waals surface area contributed by atoms with Crippen molar-refractivity contribution < 1.29 is 0 Å². The Hall–Kier alpha value is -0.670. The number of hydrogen-bond donors (Lipinski definition) is 0. The van der Waals surface area contributed by atoms with Crippen LogP contribution in [-0.4, -0.2) is 37.0 Å². The molecule has 0 amide bonds. The van der Waals surface area contributed by atoms with Gasteiger partial charge in [-0.1, -0.05) is 13.3 Å². The average molecular weight is 365 g/mol. The Morgan fingerprint density at radius 2 is 0.875 bits per heavy atom. The summed E-state index contributed by atoms with van der Waals surface area (Å²) in [7, 11) is 0.126. The molecule has 0 aromatic heterocycles.